The smallest absolute Gasteiger partial charge is 0.0993 e. The van der Waals surface area contributed by atoms with Gasteiger partial charge in [-0.25, -0.2) is 0 Å². The molecule has 2 unspecified atom stereocenters. The van der Waals surface area contributed by atoms with Gasteiger partial charge in [0.2, 0.25) is 0 Å². The van der Waals surface area contributed by atoms with Gasteiger partial charge in [-0.15, -0.1) is 0 Å². The topological polar surface area (TPSA) is 0 Å². The van der Waals surface area contributed by atoms with Crippen molar-refractivity contribution in [2.75, 3.05) is 0 Å². The first-order valence-corrected chi connectivity index (χ1v) is 4.66. The van der Waals surface area contributed by atoms with E-state index in [1.807, 2.05) is 0 Å². The van der Waals surface area contributed by atoms with Gasteiger partial charge in [-0.3, -0.25) is 0 Å². The van der Waals surface area contributed by atoms with Gasteiger partial charge in [-0.1, -0.05) is 54.4 Å². The molecule has 0 aromatic rings. The maximum absolute atomic E-state index is 4.05. The second-order valence-electron chi connectivity index (χ2n) is 2.55. The molecule has 1 fully saturated rings. The Morgan fingerprint density at radius 1 is 1.89 bits per heavy atom. The number of hydrogen-bond acceptors (Lipinski definition) is 0. The molecule has 0 aromatic heterocycles. The standard InChI is InChI=1S/C7H11BI/c1-3-6-4-8-7(9)5(6)2/h6-7H,2-4H2,1H3. The van der Waals surface area contributed by atoms with E-state index in [0.29, 0.717) is 3.82 Å². The Bertz CT molecular complexity index is 122. The van der Waals surface area contributed by atoms with Crippen molar-refractivity contribution in [2.45, 2.75) is 23.5 Å². The van der Waals surface area contributed by atoms with Gasteiger partial charge >= 0.3 is 0 Å². The molecule has 0 N–H and O–H groups in total. The minimum Gasteiger partial charge on any atom is -0.0993 e. The lowest BCUT2D eigenvalue weighted by Gasteiger charge is -2.08. The first kappa shape index (κ1) is 7.64. The van der Waals surface area contributed by atoms with Gasteiger partial charge in [0.1, 0.15) is 7.28 Å². The molecule has 2 atom stereocenters. The summed E-state index contributed by atoms with van der Waals surface area (Å²) in [7, 11) is 2.36. The van der Waals surface area contributed by atoms with Crippen LogP contribution >= 0.6 is 22.6 Å². The Morgan fingerprint density at radius 3 is 2.78 bits per heavy atom. The van der Waals surface area contributed by atoms with E-state index in [0.717, 1.165) is 5.92 Å². The molecule has 0 spiro atoms. The van der Waals surface area contributed by atoms with Crippen LogP contribution in [0.3, 0.4) is 0 Å². The molecule has 0 aliphatic carbocycles. The first-order chi connectivity index (χ1) is 4.25. The molecule has 1 aliphatic heterocycles. The molecule has 1 heterocycles. The summed E-state index contributed by atoms with van der Waals surface area (Å²) in [5.74, 6) is 0.784. The Hall–Kier alpha value is 0.535. The first-order valence-electron chi connectivity index (χ1n) is 3.41. The normalized spacial score (nSPS) is 34.7. The van der Waals surface area contributed by atoms with E-state index in [4.69, 9.17) is 0 Å². The van der Waals surface area contributed by atoms with Crippen molar-refractivity contribution in [3.05, 3.63) is 12.2 Å². The van der Waals surface area contributed by atoms with Crippen molar-refractivity contribution in [3.8, 4) is 0 Å². The molecule has 0 bridgehead atoms. The zero-order chi connectivity index (χ0) is 6.85. The summed E-state index contributed by atoms with van der Waals surface area (Å²) in [6, 6.07) is 0. The average Bonchev–Trinajstić information content (AvgIpc) is 2.15. The highest BCUT2D eigenvalue weighted by atomic mass is 127. The molecule has 1 rings (SSSR count). The molecule has 0 saturated carbocycles. The fraction of sp³-hybridized carbons (Fsp3) is 0.714. The predicted molar refractivity (Wildman–Crippen MR) is 51.3 cm³/mol. The summed E-state index contributed by atoms with van der Waals surface area (Å²) < 4.78 is 0.646. The molecule has 0 amide bonds. The summed E-state index contributed by atoms with van der Waals surface area (Å²) in [5.41, 5.74) is 1.43. The van der Waals surface area contributed by atoms with Gasteiger partial charge in [0.05, 0.1) is 0 Å². The van der Waals surface area contributed by atoms with Gasteiger partial charge in [0, 0.05) is 3.82 Å². The third-order valence-corrected chi connectivity index (χ3v) is 3.31. The summed E-state index contributed by atoms with van der Waals surface area (Å²) in [4.78, 5) is 0. The number of allylic oxidation sites excluding steroid dienone is 1. The van der Waals surface area contributed by atoms with E-state index in [9.17, 15) is 0 Å². The third kappa shape index (κ3) is 1.51. The lowest BCUT2D eigenvalue weighted by atomic mass is 9.76. The number of rotatable bonds is 1. The van der Waals surface area contributed by atoms with Gasteiger partial charge in [-0.05, 0) is 5.92 Å². The molecule has 1 saturated heterocycles. The molecule has 49 valence electrons. The summed E-state index contributed by atoms with van der Waals surface area (Å²) in [5, 5.41) is 0. The van der Waals surface area contributed by atoms with Crippen molar-refractivity contribution in [2.24, 2.45) is 5.92 Å². The molecule has 1 aliphatic rings. The fourth-order valence-corrected chi connectivity index (χ4v) is 2.04. The van der Waals surface area contributed by atoms with E-state index in [1.54, 1.807) is 0 Å². The second kappa shape index (κ2) is 3.08. The maximum atomic E-state index is 4.05. The van der Waals surface area contributed by atoms with E-state index in [2.05, 4.69) is 43.4 Å². The van der Waals surface area contributed by atoms with Crippen LogP contribution < -0.4 is 0 Å². The third-order valence-electron chi connectivity index (χ3n) is 2.00. The highest BCUT2D eigenvalue weighted by molar-refractivity contribution is 14.1. The second-order valence-corrected chi connectivity index (χ2v) is 3.90. The minimum absolute atomic E-state index is 0.646. The van der Waals surface area contributed by atoms with Gasteiger partial charge in [-0.2, -0.15) is 0 Å². The van der Waals surface area contributed by atoms with Crippen LogP contribution in [0.5, 0.6) is 0 Å². The van der Waals surface area contributed by atoms with Crippen molar-refractivity contribution in [3.63, 3.8) is 0 Å². The Kier molecular flexibility index (Phi) is 2.62. The van der Waals surface area contributed by atoms with Gasteiger partial charge in [0.25, 0.3) is 0 Å². The Labute approximate surface area is 71.5 Å². The average molecular weight is 233 g/mol. The van der Waals surface area contributed by atoms with Crippen LogP contribution in [0, 0.1) is 5.92 Å². The number of alkyl halides is 1. The predicted octanol–water partition coefficient (Wildman–Crippen LogP) is 2.47. The molecular formula is C7H11BI. The summed E-state index contributed by atoms with van der Waals surface area (Å²) >= 11 is 2.44. The van der Waals surface area contributed by atoms with Crippen molar-refractivity contribution < 1.29 is 0 Å². The molecule has 9 heavy (non-hydrogen) atoms. The highest BCUT2D eigenvalue weighted by Crippen LogP contribution is 2.32. The maximum Gasteiger partial charge on any atom is 0.133 e. The lowest BCUT2D eigenvalue weighted by molar-refractivity contribution is 0.676. The molecular weight excluding hydrogens is 222 g/mol. The largest absolute Gasteiger partial charge is 0.133 e. The van der Waals surface area contributed by atoms with E-state index >= 15 is 0 Å². The van der Waals surface area contributed by atoms with Crippen LogP contribution in [-0.2, 0) is 0 Å². The SMILES string of the molecule is C=C1C(I)[B]CC1CC. The van der Waals surface area contributed by atoms with E-state index < -0.39 is 0 Å². The monoisotopic (exact) mass is 233 g/mol. The van der Waals surface area contributed by atoms with E-state index in [1.165, 1.54) is 18.3 Å². The zero-order valence-electron chi connectivity index (χ0n) is 5.73. The molecule has 2 heteroatoms. The minimum atomic E-state index is 0.646. The Morgan fingerprint density at radius 2 is 2.56 bits per heavy atom. The fourth-order valence-electron chi connectivity index (χ4n) is 1.24. The summed E-state index contributed by atoms with van der Waals surface area (Å²) in [6.07, 6.45) is 2.51. The van der Waals surface area contributed by atoms with Crippen molar-refractivity contribution >= 4 is 29.9 Å². The number of halogens is 1. The van der Waals surface area contributed by atoms with Gasteiger partial charge in [0.15, 0.2) is 0 Å². The van der Waals surface area contributed by atoms with Crippen LogP contribution in [0.1, 0.15) is 13.3 Å². The van der Waals surface area contributed by atoms with Crippen LogP contribution in [-0.4, -0.2) is 11.1 Å². The summed E-state index contributed by atoms with van der Waals surface area (Å²) in [6.45, 7) is 6.28. The highest BCUT2D eigenvalue weighted by Gasteiger charge is 2.25. The zero-order valence-corrected chi connectivity index (χ0v) is 7.89. The van der Waals surface area contributed by atoms with Crippen LogP contribution in [0.2, 0.25) is 6.32 Å². The molecule has 0 aromatic carbocycles. The molecule has 1 radical (unpaired) electrons. The van der Waals surface area contributed by atoms with Crippen molar-refractivity contribution in [1.82, 2.24) is 0 Å². The number of hydrogen-bond donors (Lipinski definition) is 0. The van der Waals surface area contributed by atoms with Gasteiger partial charge < -0.3 is 0 Å². The quantitative estimate of drug-likeness (QED) is 0.282. The van der Waals surface area contributed by atoms with Crippen LogP contribution in [0.25, 0.3) is 0 Å². The molecule has 0 nitrogen and oxygen atoms in total. The van der Waals surface area contributed by atoms with Crippen LogP contribution in [0.15, 0.2) is 12.2 Å². The Balaban J connectivity index is 2.51. The van der Waals surface area contributed by atoms with E-state index in [-0.39, 0.29) is 0 Å². The van der Waals surface area contributed by atoms with Crippen LogP contribution in [0.4, 0.5) is 0 Å². The van der Waals surface area contributed by atoms with Crippen molar-refractivity contribution in [1.29, 1.82) is 0 Å². The lowest BCUT2D eigenvalue weighted by Crippen LogP contribution is -2.00.